The predicted molar refractivity (Wildman–Crippen MR) is 124 cm³/mol. The summed E-state index contributed by atoms with van der Waals surface area (Å²) in [5.74, 6) is -0.972. The first kappa shape index (κ1) is 24.8. The Labute approximate surface area is 188 Å². The van der Waals surface area contributed by atoms with E-state index < -0.39 is 5.82 Å². The van der Waals surface area contributed by atoms with Gasteiger partial charge in [-0.2, -0.15) is 0 Å². The van der Waals surface area contributed by atoms with E-state index in [-0.39, 0.29) is 43.1 Å². The smallest absolute Gasteiger partial charge is 0.256 e. The molecule has 3 rings (SSSR count). The average Bonchev–Trinajstić information content (AvgIpc) is 3.06. The van der Waals surface area contributed by atoms with Gasteiger partial charge in [0.05, 0.1) is 12.5 Å². The second-order valence-corrected chi connectivity index (χ2v) is 7.30. The van der Waals surface area contributed by atoms with Crippen molar-refractivity contribution in [2.24, 2.45) is 0 Å². The lowest BCUT2D eigenvalue weighted by atomic mass is 9.94. The monoisotopic (exact) mass is 442 g/mol. The second kappa shape index (κ2) is 11.3. The molecule has 0 bridgehead atoms. The molecule has 0 aromatic heterocycles. The van der Waals surface area contributed by atoms with E-state index in [1.54, 1.807) is 19.2 Å². The van der Waals surface area contributed by atoms with E-state index in [0.29, 0.717) is 16.8 Å². The molecule has 0 saturated carbocycles. The summed E-state index contributed by atoms with van der Waals surface area (Å²) in [6.45, 7) is 8.06. The number of nitrogens with one attached hydrogen (secondary N) is 4. The van der Waals surface area contributed by atoms with Gasteiger partial charge >= 0.3 is 0 Å². The third kappa shape index (κ3) is 6.06. The van der Waals surface area contributed by atoms with Crippen molar-refractivity contribution < 1.29 is 18.8 Å². The summed E-state index contributed by atoms with van der Waals surface area (Å²) in [5, 5.41) is 11.3. The Bertz CT molecular complexity index is 995. The Morgan fingerprint density at radius 1 is 1.19 bits per heavy atom. The lowest BCUT2D eigenvalue weighted by Crippen LogP contribution is -2.32. The SMILES string of the molecule is CC.CNC(=O)CCNC(=O)CC1=C(C)NC(/C=C2\C(=O)Nc3ccc(F)cc32)C=C1C. The molecule has 0 aliphatic carbocycles. The molecule has 0 spiro atoms. The van der Waals surface area contributed by atoms with Crippen molar-refractivity contribution in [2.75, 3.05) is 18.9 Å². The van der Waals surface area contributed by atoms with E-state index >= 15 is 0 Å². The fourth-order valence-corrected chi connectivity index (χ4v) is 3.58. The van der Waals surface area contributed by atoms with E-state index in [2.05, 4.69) is 21.3 Å². The molecule has 1 unspecified atom stereocenters. The van der Waals surface area contributed by atoms with Crippen molar-refractivity contribution in [1.82, 2.24) is 16.0 Å². The summed E-state index contributed by atoms with van der Waals surface area (Å²) in [5.41, 5.74) is 4.16. The lowest BCUT2D eigenvalue weighted by Gasteiger charge is -2.25. The molecule has 2 heterocycles. The highest BCUT2D eigenvalue weighted by Crippen LogP contribution is 2.33. The number of benzene rings is 1. The third-order valence-corrected chi connectivity index (χ3v) is 5.14. The molecule has 0 saturated heterocycles. The van der Waals surface area contributed by atoms with Crippen molar-refractivity contribution >= 4 is 29.0 Å². The zero-order valence-corrected chi connectivity index (χ0v) is 19.2. The highest BCUT2D eigenvalue weighted by Gasteiger charge is 2.26. The average molecular weight is 443 g/mol. The van der Waals surface area contributed by atoms with Crippen molar-refractivity contribution in [3.8, 4) is 0 Å². The Morgan fingerprint density at radius 2 is 1.91 bits per heavy atom. The molecule has 2 aliphatic rings. The Balaban J connectivity index is 0.00000176. The minimum Gasteiger partial charge on any atom is -0.379 e. The van der Waals surface area contributed by atoms with Gasteiger partial charge < -0.3 is 21.3 Å². The summed E-state index contributed by atoms with van der Waals surface area (Å²) in [6.07, 6.45) is 4.10. The molecule has 0 fully saturated rings. The molecule has 172 valence electrons. The molecular formula is C24H31FN4O3. The van der Waals surface area contributed by atoms with Crippen LogP contribution in [-0.4, -0.2) is 37.4 Å². The molecule has 32 heavy (non-hydrogen) atoms. The minimum absolute atomic E-state index is 0.130. The summed E-state index contributed by atoms with van der Waals surface area (Å²) in [4.78, 5) is 35.8. The van der Waals surface area contributed by atoms with Gasteiger partial charge in [-0.05, 0) is 49.3 Å². The van der Waals surface area contributed by atoms with Crippen molar-refractivity contribution in [2.45, 2.75) is 46.6 Å². The number of fused-ring (bicyclic) bond motifs is 1. The zero-order chi connectivity index (χ0) is 23.8. The van der Waals surface area contributed by atoms with Gasteiger partial charge in [-0.25, -0.2) is 4.39 Å². The van der Waals surface area contributed by atoms with Crippen LogP contribution in [0.3, 0.4) is 0 Å². The fraction of sp³-hybridized carbons (Fsp3) is 0.375. The van der Waals surface area contributed by atoms with E-state index in [4.69, 9.17) is 0 Å². The van der Waals surface area contributed by atoms with E-state index in [1.165, 1.54) is 12.1 Å². The normalized spacial score (nSPS) is 18.1. The van der Waals surface area contributed by atoms with Gasteiger partial charge in [-0.3, -0.25) is 14.4 Å². The van der Waals surface area contributed by atoms with Gasteiger partial charge in [0.15, 0.2) is 0 Å². The van der Waals surface area contributed by atoms with Gasteiger partial charge in [0.1, 0.15) is 5.82 Å². The van der Waals surface area contributed by atoms with E-state index in [0.717, 1.165) is 16.8 Å². The maximum Gasteiger partial charge on any atom is 0.256 e. The molecule has 1 atom stereocenters. The van der Waals surface area contributed by atoms with Crippen LogP contribution < -0.4 is 21.3 Å². The molecule has 8 heteroatoms. The molecule has 2 aliphatic heterocycles. The van der Waals surface area contributed by atoms with Gasteiger partial charge in [0.2, 0.25) is 11.8 Å². The fourth-order valence-electron chi connectivity index (χ4n) is 3.58. The molecule has 7 nitrogen and oxygen atoms in total. The van der Waals surface area contributed by atoms with E-state index in [9.17, 15) is 18.8 Å². The topological polar surface area (TPSA) is 99.3 Å². The standard InChI is InChI=1S/C22H25FN4O3.C2H6/c1-12-8-15(10-18-17-9-14(23)4-5-19(17)27-22(18)30)26-13(2)16(12)11-21(29)25-7-6-20(28)24-3;1-2/h4-5,8-10,15,26H,6-7,11H2,1-3H3,(H,24,28)(H,25,29)(H,27,30);1-2H3/b18-10-;. The first-order valence-corrected chi connectivity index (χ1v) is 10.7. The number of carbonyl (C=O) groups excluding carboxylic acids is 3. The maximum absolute atomic E-state index is 13.6. The number of carbonyl (C=O) groups is 3. The molecule has 4 N–H and O–H groups in total. The largest absolute Gasteiger partial charge is 0.379 e. The van der Waals surface area contributed by atoms with Crippen LogP contribution in [0.5, 0.6) is 0 Å². The minimum atomic E-state index is -0.403. The number of amides is 3. The zero-order valence-electron chi connectivity index (χ0n) is 19.2. The van der Waals surface area contributed by atoms with Crippen LogP contribution in [0, 0.1) is 5.82 Å². The van der Waals surface area contributed by atoms with Crippen LogP contribution in [0.1, 0.15) is 46.1 Å². The number of allylic oxidation sites excluding steroid dienone is 2. The van der Waals surface area contributed by atoms with E-state index in [1.807, 2.05) is 33.8 Å². The van der Waals surface area contributed by atoms with Crippen molar-refractivity contribution in [3.05, 3.63) is 58.6 Å². The Hall–Kier alpha value is -3.42. The highest BCUT2D eigenvalue weighted by molar-refractivity contribution is 6.31. The van der Waals surface area contributed by atoms with Crippen LogP contribution in [0.15, 0.2) is 47.2 Å². The number of rotatable bonds is 6. The maximum atomic E-state index is 13.6. The molecular weight excluding hydrogens is 411 g/mol. The Kier molecular flexibility index (Phi) is 8.75. The second-order valence-electron chi connectivity index (χ2n) is 7.30. The van der Waals surface area contributed by atoms with Crippen LogP contribution in [0.4, 0.5) is 10.1 Å². The van der Waals surface area contributed by atoms with Crippen LogP contribution in [0.25, 0.3) is 5.57 Å². The highest BCUT2D eigenvalue weighted by atomic mass is 19.1. The van der Waals surface area contributed by atoms with Gasteiger partial charge in [-0.15, -0.1) is 0 Å². The lowest BCUT2D eigenvalue weighted by molar-refractivity contribution is -0.121. The van der Waals surface area contributed by atoms with Crippen LogP contribution >= 0.6 is 0 Å². The summed E-state index contributed by atoms with van der Waals surface area (Å²) >= 11 is 0. The quantitative estimate of drug-likeness (QED) is 0.509. The number of hydrogen-bond acceptors (Lipinski definition) is 4. The first-order valence-electron chi connectivity index (χ1n) is 10.7. The number of hydrogen-bond donors (Lipinski definition) is 4. The predicted octanol–water partition coefficient (Wildman–Crippen LogP) is 3.02. The molecule has 0 radical (unpaired) electrons. The first-order chi connectivity index (χ1) is 15.3. The molecule has 1 aromatic rings. The molecule has 3 amide bonds. The summed E-state index contributed by atoms with van der Waals surface area (Å²) in [7, 11) is 1.55. The number of halogens is 1. The van der Waals surface area contributed by atoms with Gasteiger partial charge in [-0.1, -0.05) is 19.9 Å². The van der Waals surface area contributed by atoms with Crippen molar-refractivity contribution in [3.63, 3.8) is 0 Å². The van der Waals surface area contributed by atoms with Crippen molar-refractivity contribution in [1.29, 1.82) is 0 Å². The van der Waals surface area contributed by atoms with Crippen LogP contribution in [-0.2, 0) is 14.4 Å². The van der Waals surface area contributed by atoms with Gasteiger partial charge in [0, 0.05) is 42.5 Å². The summed E-state index contributed by atoms with van der Waals surface area (Å²) < 4.78 is 13.6. The van der Waals surface area contributed by atoms with Crippen LogP contribution in [0.2, 0.25) is 0 Å². The number of anilines is 1. The van der Waals surface area contributed by atoms with Gasteiger partial charge in [0.25, 0.3) is 5.91 Å². The summed E-state index contributed by atoms with van der Waals surface area (Å²) in [6, 6.07) is 3.93. The third-order valence-electron chi connectivity index (χ3n) is 5.14. The molecule has 1 aromatic carbocycles. The Morgan fingerprint density at radius 3 is 2.56 bits per heavy atom. The number of dihydropyridines is 1.